The summed E-state index contributed by atoms with van der Waals surface area (Å²) in [4.78, 5) is 22.7. The zero-order chi connectivity index (χ0) is 14.9. The van der Waals surface area contributed by atoms with Gasteiger partial charge in [0.15, 0.2) is 11.5 Å². The highest BCUT2D eigenvalue weighted by atomic mass is 16.5. The number of benzene rings is 1. The van der Waals surface area contributed by atoms with Gasteiger partial charge in [-0.05, 0) is 25.0 Å². The third-order valence-electron chi connectivity index (χ3n) is 3.43. The van der Waals surface area contributed by atoms with Crippen LogP contribution in [0.1, 0.15) is 12.0 Å². The lowest BCUT2D eigenvalue weighted by Gasteiger charge is -2.13. The van der Waals surface area contributed by atoms with Crippen molar-refractivity contribution in [1.82, 2.24) is 0 Å². The van der Waals surface area contributed by atoms with E-state index in [1.807, 2.05) is 6.92 Å². The summed E-state index contributed by atoms with van der Waals surface area (Å²) in [7, 11) is 3.05. The van der Waals surface area contributed by atoms with Crippen LogP contribution in [0, 0.1) is 18.8 Å². The van der Waals surface area contributed by atoms with E-state index in [2.05, 4.69) is 5.32 Å². The molecule has 2 rings (SSSR count). The van der Waals surface area contributed by atoms with Crippen molar-refractivity contribution in [3.05, 3.63) is 17.7 Å². The lowest BCUT2D eigenvalue weighted by Crippen LogP contribution is -2.17. The highest BCUT2D eigenvalue weighted by Crippen LogP contribution is 2.40. The molecule has 1 amide bonds. The number of aliphatic carboxylic acids is 1. The highest BCUT2D eigenvalue weighted by molar-refractivity contribution is 5.98. The van der Waals surface area contributed by atoms with Crippen molar-refractivity contribution in [1.29, 1.82) is 0 Å². The monoisotopic (exact) mass is 279 g/mol. The van der Waals surface area contributed by atoms with E-state index in [1.165, 1.54) is 14.2 Å². The molecule has 1 fully saturated rings. The van der Waals surface area contributed by atoms with Crippen molar-refractivity contribution in [3.8, 4) is 11.5 Å². The number of ether oxygens (including phenoxy) is 2. The van der Waals surface area contributed by atoms with Gasteiger partial charge in [-0.15, -0.1) is 0 Å². The minimum atomic E-state index is -0.922. The lowest BCUT2D eigenvalue weighted by molar-refractivity contribution is -0.139. The summed E-state index contributed by atoms with van der Waals surface area (Å²) < 4.78 is 10.3. The molecule has 6 nitrogen and oxygen atoms in total. The van der Waals surface area contributed by atoms with Crippen LogP contribution in [-0.4, -0.2) is 31.2 Å². The Morgan fingerprint density at radius 2 is 1.80 bits per heavy atom. The molecule has 108 valence electrons. The van der Waals surface area contributed by atoms with Crippen LogP contribution in [0.2, 0.25) is 0 Å². The predicted molar refractivity (Wildman–Crippen MR) is 72.1 cm³/mol. The zero-order valence-corrected chi connectivity index (χ0v) is 11.6. The maximum atomic E-state index is 11.9. The van der Waals surface area contributed by atoms with Gasteiger partial charge in [0, 0.05) is 11.8 Å². The lowest BCUT2D eigenvalue weighted by atomic mass is 10.1. The molecular weight excluding hydrogens is 262 g/mol. The molecule has 6 heteroatoms. The maximum absolute atomic E-state index is 11.9. The van der Waals surface area contributed by atoms with E-state index in [9.17, 15) is 9.59 Å². The molecule has 0 heterocycles. The van der Waals surface area contributed by atoms with E-state index < -0.39 is 17.8 Å². The molecule has 1 aromatic rings. The van der Waals surface area contributed by atoms with Gasteiger partial charge in [0.2, 0.25) is 5.91 Å². The minimum absolute atomic E-state index is 0.271. The van der Waals surface area contributed by atoms with E-state index in [0.717, 1.165) is 5.56 Å². The first-order valence-electron chi connectivity index (χ1n) is 6.24. The fourth-order valence-electron chi connectivity index (χ4n) is 2.10. The number of hydrogen-bond donors (Lipinski definition) is 2. The molecule has 2 N–H and O–H groups in total. The second-order valence-electron chi connectivity index (χ2n) is 4.80. The topological polar surface area (TPSA) is 84.9 Å². The van der Waals surface area contributed by atoms with Crippen LogP contribution in [0.4, 0.5) is 5.69 Å². The molecular formula is C14H17NO5. The number of methoxy groups -OCH3 is 2. The average Bonchev–Trinajstić information content (AvgIpc) is 3.20. The molecule has 1 aromatic carbocycles. The number of hydrogen-bond acceptors (Lipinski definition) is 4. The predicted octanol–water partition coefficient (Wildman–Crippen LogP) is 1.67. The standard InChI is InChI=1S/C14H17NO5/c1-7-4-11(19-2)12(20-3)6-10(7)15-13(16)8-5-9(8)14(17)18/h4,6,8-9H,5H2,1-3H3,(H,15,16)(H,17,18)/t8-,9+/m1/s1. The van der Waals surface area contributed by atoms with Gasteiger partial charge in [0.25, 0.3) is 0 Å². The fraction of sp³-hybridized carbons (Fsp3) is 0.429. The molecule has 1 saturated carbocycles. The number of carbonyl (C=O) groups is 2. The van der Waals surface area contributed by atoms with Crippen LogP contribution in [-0.2, 0) is 9.59 Å². The van der Waals surface area contributed by atoms with Crippen molar-refractivity contribution < 1.29 is 24.2 Å². The Kier molecular flexibility index (Phi) is 3.83. The van der Waals surface area contributed by atoms with Gasteiger partial charge >= 0.3 is 5.97 Å². The summed E-state index contributed by atoms with van der Waals surface area (Å²) in [6.07, 6.45) is 0.396. The number of aryl methyl sites for hydroxylation is 1. The summed E-state index contributed by atoms with van der Waals surface area (Å²) in [5, 5.41) is 11.6. The van der Waals surface area contributed by atoms with E-state index >= 15 is 0 Å². The van der Waals surface area contributed by atoms with Crippen LogP contribution in [0.25, 0.3) is 0 Å². The van der Waals surface area contributed by atoms with Crippen LogP contribution in [0.5, 0.6) is 11.5 Å². The Balaban J connectivity index is 2.14. The van der Waals surface area contributed by atoms with Gasteiger partial charge in [-0.25, -0.2) is 0 Å². The van der Waals surface area contributed by atoms with Crippen molar-refractivity contribution in [2.75, 3.05) is 19.5 Å². The van der Waals surface area contributed by atoms with Crippen molar-refractivity contribution in [2.45, 2.75) is 13.3 Å². The first-order valence-corrected chi connectivity index (χ1v) is 6.24. The maximum Gasteiger partial charge on any atom is 0.307 e. The largest absolute Gasteiger partial charge is 0.493 e. The van der Waals surface area contributed by atoms with Gasteiger partial charge < -0.3 is 19.9 Å². The Labute approximate surface area is 116 Å². The van der Waals surface area contributed by atoms with Crippen molar-refractivity contribution in [2.24, 2.45) is 11.8 Å². The smallest absolute Gasteiger partial charge is 0.307 e. The third-order valence-corrected chi connectivity index (χ3v) is 3.43. The Hall–Kier alpha value is -2.24. The average molecular weight is 279 g/mol. The SMILES string of the molecule is COc1cc(C)c(NC(=O)[C@@H]2C[C@@H]2C(=O)O)cc1OC. The van der Waals surface area contributed by atoms with E-state index in [1.54, 1.807) is 12.1 Å². The molecule has 1 aliphatic carbocycles. The summed E-state index contributed by atoms with van der Waals surface area (Å²) in [5.74, 6) is -1.10. The number of carbonyl (C=O) groups excluding carboxylic acids is 1. The molecule has 0 spiro atoms. The second-order valence-corrected chi connectivity index (χ2v) is 4.80. The third kappa shape index (κ3) is 2.68. The summed E-state index contributed by atoms with van der Waals surface area (Å²) in [5.41, 5.74) is 1.42. The van der Waals surface area contributed by atoms with E-state index in [4.69, 9.17) is 14.6 Å². The molecule has 1 aliphatic rings. The first-order chi connectivity index (χ1) is 9.47. The number of nitrogens with one attached hydrogen (secondary N) is 1. The highest BCUT2D eigenvalue weighted by Gasteiger charge is 2.48. The molecule has 0 unspecified atom stereocenters. The summed E-state index contributed by atoms with van der Waals surface area (Å²) in [6, 6.07) is 3.43. The Bertz CT molecular complexity index is 555. The second kappa shape index (κ2) is 5.40. The van der Waals surface area contributed by atoms with Crippen LogP contribution >= 0.6 is 0 Å². The number of anilines is 1. The van der Waals surface area contributed by atoms with Crippen molar-refractivity contribution in [3.63, 3.8) is 0 Å². The number of carboxylic acids is 1. The van der Waals surface area contributed by atoms with E-state index in [-0.39, 0.29) is 5.91 Å². The Morgan fingerprint density at radius 3 is 2.30 bits per heavy atom. The van der Waals surface area contributed by atoms with Crippen molar-refractivity contribution >= 4 is 17.6 Å². The summed E-state index contributed by atoms with van der Waals surface area (Å²) >= 11 is 0. The molecule has 20 heavy (non-hydrogen) atoms. The van der Waals surface area contributed by atoms with Gasteiger partial charge in [0.1, 0.15) is 0 Å². The Morgan fingerprint density at radius 1 is 1.20 bits per heavy atom. The molecule has 0 bridgehead atoms. The van der Waals surface area contributed by atoms with Crippen LogP contribution < -0.4 is 14.8 Å². The van der Waals surface area contributed by atoms with Gasteiger partial charge in [-0.1, -0.05) is 0 Å². The van der Waals surface area contributed by atoms with Gasteiger partial charge in [-0.2, -0.15) is 0 Å². The minimum Gasteiger partial charge on any atom is -0.493 e. The van der Waals surface area contributed by atoms with E-state index in [0.29, 0.717) is 23.6 Å². The van der Waals surface area contributed by atoms with Gasteiger partial charge in [0.05, 0.1) is 26.1 Å². The van der Waals surface area contributed by atoms with Crippen LogP contribution in [0.15, 0.2) is 12.1 Å². The number of amides is 1. The van der Waals surface area contributed by atoms with Gasteiger partial charge in [-0.3, -0.25) is 9.59 Å². The molecule has 2 atom stereocenters. The quantitative estimate of drug-likeness (QED) is 0.856. The van der Waals surface area contributed by atoms with Crippen LogP contribution in [0.3, 0.4) is 0 Å². The molecule has 0 aliphatic heterocycles. The molecule has 0 saturated heterocycles. The fourth-order valence-corrected chi connectivity index (χ4v) is 2.10. The molecule has 0 radical (unpaired) electrons. The normalized spacial score (nSPS) is 20.1. The zero-order valence-electron chi connectivity index (χ0n) is 11.6. The molecule has 0 aromatic heterocycles. The number of rotatable bonds is 5. The first kappa shape index (κ1) is 14.2. The summed E-state index contributed by atoms with van der Waals surface area (Å²) in [6.45, 7) is 1.83. The number of carboxylic acid groups (broad SMARTS) is 1.